The predicted octanol–water partition coefficient (Wildman–Crippen LogP) is 2.84. The molecule has 0 fully saturated rings. The molecule has 142 valence electrons. The van der Waals surface area contributed by atoms with Crippen molar-refractivity contribution >= 4 is 0 Å². The van der Waals surface area contributed by atoms with Gasteiger partial charge < -0.3 is 9.84 Å². The minimum atomic E-state index is -0.730. The van der Waals surface area contributed by atoms with Crippen LogP contribution >= 0.6 is 0 Å². The van der Waals surface area contributed by atoms with Gasteiger partial charge in [-0.15, -0.1) is 0 Å². The lowest BCUT2D eigenvalue weighted by molar-refractivity contribution is 0.0640. The van der Waals surface area contributed by atoms with Crippen LogP contribution in [0.25, 0.3) is 5.69 Å². The first kappa shape index (κ1) is 19.0. The molecule has 1 heterocycles. The smallest absolute Gasteiger partial charge is 0.165 e. The average molecular weight is 370 g/mol. The van der Waals surface area contributed by atoms with Crippen molar-refractivity contribution in [1.29, 1.82) is 0 Å². The van der Waals surface area contributed by atoms with Crippen LogP contribution in [0.5, 0.6) is 5.75 Å². The fraction of sp³-hybridized carbons (Fsp3) is 0.300. The minimum Gasteiger partial charge on any atom is -0.488 e. The van der Waals surface area contributed by atoms with Gasteiger partial charge in [0.05, 0.1) is 5.69 Å². The van der Waals surface area contributed by atoms with E-state index in [1.807, 2.05) is 36.2 Å². The van der Waals surface area contributed by atoms with Crippen LogP contribution in [0.1, 0.15) is 18.5 Å². The van der Waals surface area contributed by atoms with E-state index < -0.39 is 11.9 Å². The summed E-state index contributed by atoms with van der Waals surface area (Å²) in [5.74, 6) is -0.283. The van der Waals surface area contributed by atoms with Crippen molar-refractivity contribution in [2.75, 3.05) is 20.2 Å². The first-order valence-corrected chi connectivity index (χ1v) is 8.75. The number of para-hydroxylation sites is 1. The Balaban J connectivity index is 1.53. The Morgan fingerprint density at radius 3 is 2.59 bits per heavy atom. The van der Waals surface area contributed by atoms with Crippen LogP contribution in [0.3, 0.4) is 0 Å². The van der Waals surface area contributed by atoms with Crippen LogP contribution in [0.2, 0.25) is 0 Å². The van der Waals surface area contributed by atoms with Crippen molar-refractivity contribution in [1.82, 2.24) is 19.7 Å². The Hall–Kier alpha value is -2.77. The van der Waals surface area contributed by atoms with Crippen molar-refractivity contribution < 1.29 is 14.2 Å². The Kier molecular flexibility index (Phi) is 6.16. The molecule has 0 amide bonds. The second-order valence-corrected chi connectivity index (χ2v) is 6.44. The lowest BCUT2D eigenvalue weighted by Crippen LogP contribution is -2.34. The fourth-order valence-electron chi connectivity index (χ4n) is 2.79. The molecule has 7 heteroatoms. The second kappa shape index (κ2) is 8.75. The molecule has 0 saturated heterocycles. The molecule has 0 aliphatic rings. The molecule has 3 aromatic rings. The number of likely N-dealkylation sites (N-methyl/N-ethyl adjacent to an activating group) is 1. The number of ether oxygens (including phenoxy) is 1. The number of benzene rings is 2. The molecule has 2 aromatic carbocycles. The molecule has 1 aromatic heterocycles. The second-order valence-electron chi connectivity index (χ2n) is 6.44. The van der Waals surface area contributed by atoms with Gasteiger partial charge in [0.25, 0.3) is 0 Å². The molecular formula is C20H23FN4O2. The van der Waals surface area contributed by atoms with E-state index in [0.29, 0.717) is 6.54 Å². The molecule has 2 unspecified atom stereocenters. The van der Waals surface area contributed by atoms with Gasteiger partial charge in [0, 0.05) is 12.6 Å². The van der Waals surface area contributed by atoms with Crippen LogP contribution in [0.4, 0.5) is 4.39 Å². The van der Waals surface area contributed by atoms with Crippen molar-refractivity contribution in [3.8, 4) is 11.4 Å². The minimum absolute atomic E-state index is 0.0310. The predicted molar refractivity (Wildman–Crippen MR) is 100 cm³/mol. The zero-order valence-electron chi connectivity index (χ0n) is 15.4. The topological polar surface area (TPSA) is 63.4 Å². The van der Waals surface area contributed by atoms with Gasteiger partial charge >= 0.3 is 0 Å². The maximum atomic E-state index is 13.6. The summed E-state index contributed by atoms with van der Waals surface area (Å²) in [6.07, 6.45) is 2.41. The first-order valence-electron chi connectivity index (χ1n) is 8.75. The molecule has 0 saturated carbocycles. The van der Waals surface area contributed by atoms with Crippen LogP contribution < -0.4 is 4.74 Å². The number of aliphatic hydroxyl groups is 1. The third-order valence-corrected chi connectivity index (χ3v) is 4.49. The van der Waals surface area contributed by atoms with E-state index in [1.54, 1.807) is 29.2 Å². The van der Waals surface area contributed by atoms with Crippen LogP contribution in [0, 0.1) is 5.82 Å². The zero-order chi connectivity index (χ0) is 19.2. The summed E-state index contributed by atoms with van der Waals surface area (Å²) in [6.45, 7) is 2.50. The summed E-state index contributed by atoms with van der Waals surface area (Å²) in [6, 6.07) is 14.3. The molecule has 6 nitrogen and oxygen atoms in total. The van der Waals surface area contributed by atoms with Crippen molar-refractivity contribution in [3.05, 3.63) is 72.6 Å². The lowest BCUT2D eigenvalue weighted by Gasteiger charge is -2.27. The largest absolute Gasteiger partial charge is 0.488 e. The monoisotopic (exact) mass is 370 g/mol. The molecule has 2 atom stereocenters. The number of aliphatic hydroxyl groups excluding tert-OH is 1. The van der Waals surface area contributed by atoms with Crippen LogP contribution in [0.15, 0.2) is 61.2 Å². The van der Waals surface area contributed by atoms with E-state index in [9.17, 15) is 9.50 Å². The Morgan fingerprint density at radius 2 is 1.93 bits per heavy atom. The fourth-order valence-corrected chi connectivity index (χ4v) is 2.79. The standard InChI is InChI=1S/C20H23FN4O2/c1-15(16-7-9-17(10-8-16)25-14-22-13-23-25)24(2)11-18(26)12-27-20-6-4-3-5-19(20)21/h3-10,13-15,18,26H,11-12H2,1-2H3. The Labute approximate surface area is 157 Å². The lowest BCUT2D eigenvalue weighted by atomic mass is 10.1. The van der Waals surface area contributed by atoms with Crippen molar-refractivity contribution in [3.63, 3.8) is 0 Å². The number of nitrogens with zero attached hydrogens (tertiary/aromatic N) is 4. The third-order valence-electron chi connectivity index (χ3n) is 4.49. The van der Waals surface area contributed by atoms with Crippen LogP contribution in [-0.2, 0) is 0 Å². The summed E-state index contributed by atoms with van der Waals surface area (Å²) in [5.41, 5.74) is 2.05. The summed E-state index contributed by atoms with van der Waals surface area (Å²) in [7, 11) is 1.93. The maximum Gasteiger partial charge on any atom is 0.165 e. The molecule has 3 rings (SSSR count). The van der Waals surface area contributed by atoms with E-state index in [2.05, 4.69) is 17.0 Å². The third kappa shape index (κ3) is 4.90. The highest BCUT2D eigenvalue weighted by Crippen LogP contribution is 2.21. The number of aromatic nitrogens is 3. The normalized spacial score (nSPS) is 13.5. The molecule has 27 heavy (non-hydrogen) atoms. The van der Waals surface area contributed by atoms with Gasteiger partial charge in [-0.1, -0.05) is 24.3 Å². The number of rotatable bonds is 8. The number of hydrogen-bond acceptors (Lipinski definition) is 5. The van der Waals surface area contributed by atoms with Gasteiger partial charge in [0.2, 0.25) is 0 Å². The van der Waals surface area contributed by atoms with Gasteiger partial charge in [-0.3, -0.25) is 4.90 Å². The quantitative estimate of drug-likeness (QED) is 0.661. The molecule has 0 spiro atoms. The average Bonchev–Trinajstić information content (AvgIpc) is 3.21. The van der Waals surface area contributed by atoms with E-state index in [0.717, 1.165) is 11.3 Å². The molecule has 0 aliphatic carbocycles. The molecule has 0 aliphatic heterocycles. The Morgan fingerprint density at radius 1 is 1.19 bits per heavy atom. The molecular weight excluding hydrogens is 347 g/mol. The molecule has 0 radical (unpaired) electrons. The number of halogens is 1. The molecule has 1 N–H and O–H groups in total. The van der Waals surface area contributed by atoms with Gasteiger partial charge in [-0.25, -0.2) is 14.1 Å². The van der Waals surface area contributed by atoms with Crippen molar-refractivity contribution in [2.45, 2.75) is 19.1 Å². The summed E-state index contributed by atoms with van der Waals surface area (Å²) >= 11 is 0. The highest BCUT2D eigenvalue weighted by molar-refractivity contribution is 5.34. The zero-order valence-corrected chi connectivity index (χ0v) is 15.4. The van der Waals surface area contributed by atoms with E-state index in [1.165, 1.54) is 12.4 Å². The maximum absolute atomic E-state index is 13.6. The van der Waals surface area contributed by atoms with Crippen molar-refractivity contribution in [2.24, 2.45) is 0 Å². The van der Waals surface area contributed by atoms with Gasteiger partial charge in [0.1, 0.15) is 25.4 Å². The summed E-state index contributed by atoms with van der Waals surface area (Å²) in [5, 5.41) is 14.3. The molecule has 0 bridgehead atoms. The Bertz CT molecular complexity index is 839. The highest BCUT2D eigenvalue weighted by Gasteiger charge is 2.16. The van der Waals surface area contributed by atoms with Crippen LogP contribution in [-0.4, -0.2) is 51.1 Å². The van der Waals surface area contributed by atoms with E-state index in [-0.39, 0.29) is 18.4 Å². The van der Waals surface area contributed by atoms with E-state index in [4.69, 9.17) is 4.74 Å². The van der Waals surface area contributed by atoms with Gasteiger partial charge in [0.15, 0.2) is 11.6 Å². The first-order chi connectivity index (χ1) is 13.0. The van der Waals surface area contributed by atoms with E-state index >= 15 is 0 Å². The van der Waals surface area contributed by atoms with Gasteiger partial charge in [-0.05, 0) is 43.8 Å². The highest BCUT2D eigenvalue weighted by atomic mass is 19.1. The summed E-state index contributed by atoms with van der Waals surface area (Å²) < 4.78 is 20.6. The summed E-state index contributed by atoms with van der Waals surface area (Å²) in [4.78, 5) is 5.97. The number of hydrogen-bond donors (Lipinski definition) is 1. The van der Waals surface area contributed by atoms with Gasteiger partial charge in [-0.2, -0.15) is 5.10 Å². The SMILES string of the molecule is CC(c1ccc(-n2cncn2)cc1)N(C)CC(O)COc1ccccc1F.